The van der Waals surface area contributed by atoms with Crippen LogP contribution in [-0.4, -0.2) is 46.8 Å². The lowest BCUT2D eigenvalue weighted by molar-refractivity contribution is 0.0599. The van der Waals surface area contributed by atoms with Crippen molar-refractivity contribution in [3.63, 3.8) is 0 Å². The number of methoxy groups -OCH3 is 2. The number of pyridine rings is 1. The summed E-state index contributed by atoms with van der Waals surface area (Å²) >= 11 is 0. The Bertz CT molecular complexity index is 1120. The molecule has 0 unspecified atom stereocenters. The smallest absolute Gasteiger partial charge is 0.337 e. The first kappa shape index (κ1) is 21.0. The lowest BCUT2D eigenvalue weighted by atomic mass is 10.1. The number of nitrogens with one attached hydrogen (secondary N) is 1. The summed E-state index contributed by atoms with van der Waals surface area (Å²) in [6.07, 6.45) is 1.60. The second-order valence-corrected chi connectivity index (χ2v) is 6.97. The van der Waals surface area contributed by atoms with Gasteiger partial charge < -0.3 is 14.8 Å². The molecule has 0 aliphatic carbocycles. The minimum atomic E-state index is -0.642. The fraction of sp³-hybridized carbons (Fsp3) is 0.286. The summed E-state index contributed by atoms with van der Waals surface area (Å²) in [5.74, 6) is -1.71. The normalized spacial score (nSPS) is 10.9. The zero-order valence-corrected chi connectivity index (χ0v) is 17.3. The van der Waals surface area contributed by atoms with Gasteiger partial charge in [0.15, 0.2) is 5.65 Å². The van der Waals surface area contributed by atoms with Crippen molar-refractivity contribution in [3.05, 3.63) is 52.8 Å². The molecule has 1 aromatic carbocycles. The van der Waals surface area contributed by atoms with Gasteiger partial charge in [-0.2, -0.15) is 5.10 Å². The highest BCUT2D eigenvalue weighted by Gasteiger charge is 2.19. The number of nitrogens with zero attached hydrogens (tertiary/aromatic N) is 3. The number of benzene rings is 1. The number of rotatable bonds is 5. The summed E-state index contributed by atoms with van der Waals surface area (Å²) in [5.41, 5.74) is 2.12. The Morgan fingerprint density at radius 2 is 1.60 bits per heavy atom. The minimum Gasteiger partial charge on any atom is -0.465 e. The van der Waals surface area contributed by atoms with E-state index in [2.05, 4.69) is 15.4 Å². The number of carbonyl (C=O) groups excluding carboxylic acids is 3. The lowest BCUT2D eigenvalue weighted by Gasteiger charge is -2.11. The van der Waals surface area contributed by atoms with Gasteiger partial charge in [0.25, 0.3) is 5.91 Å². The monoisotopic (exact) mass is 410 g/mol. The van der Waals surface area contributed by atoms with Crippen molar-refractivity contribution in [3.8, 4) is 0 Å². The molecule has 1 amide bonds. The minimum absolute atomic E-state index is 0.0760. The van der Waals surface area contributed by atoms with E-state index in [-0.39, 0.29) is 22.9 Å². The van der Waals surface area contributed by atoms with Gasteiger partial charge in [0.1, 0.15) is 0 Å². The standard InChI is InChI=1S/C21H22N4O5/c1-11(2)25-18-17(10-22-25)16(6-12(3)23-18)19(26)24-15-8-13(20(27)29-4)7-14(9-15)21(28)30-5/h6-11H,1-5H3,(H,24,26). The van der Waals surface area contributed by atoms with E-state index in [1.54, 1.807) is 23.9 Å². The van der Waals surface area contributed by atoms with E-state index >= 15 is 0 Å². The zero-order chi connectivity index (χ0) is 22.0. The molecule has 0 radical (unpaired) electrons. The number of ether oxygens (including phenoxy) is 2. The summed E-state index contributed by atoms with van der Waals surface area (Å²) < 4.78 is 11.2. The van der Waals surface area contributed by atoms with E-state index in [9.17, 15) is 14.4 Å². The molecular weight excluding hydrogens is 388 g/mol. The van der Waals surface area contributed by atoms with Crippen molar-refractivity contribution in [1.29, 1.82) is 0 Å². The van der Waals surface area contributed by atoms with Crippen molar-refractivity contribution in [2.45, 2.75) is 26.8 Å². The maximum atomic E-state index is 13.1. The third-order valence-electron chi connectivity index (χ3n) is 4.46. The molecule has 0 atom stereocenters. The van der Waals surface area contributed by atoms with Crippen LogP contribution in [0.3, 0.4) is 0 Å². The number of aromatic nitrogens is 3. The van der Waals surface area contributed by atoms with E-state index in [4.69, 9.17) is 9.47 Å². The highest BCUT2D eigenvalue weighted by molar-refractivity contribution is 6.12. The van der Waals surface area contributed by atoms with Gasteiger partial charge in [-0.05, 0) is 45.0 Å². The highest BCUT2D eigenvalue weighted by Crippen LogP contribution is 2.23. The Morgan fingerprint density at radius 1 is 1.00 bits per heavy atom. The van der Waals surface area contributed by atoms with Crippen molar-refractivity contribution < 1.29 is 23.9 Å². The van der Waals surface area contributed by atoms with Crippen molar-refractivity contribution >= 4 is 34.6 Å². The molecule has 9 heteroatoms. The number of aryl methyl sites for hydroxylation is 1. The van der Waals surface area contributed by atoms with E-state index in [0.717, 1.165) is 0 Å². The number of esters is 2. The Labute approximate surface area is 173 Å². The largest absolute Gasteiger partial charge is 0.465 e. The fourth-order valence-electron chi connectivity index (χ4n) is 3.08. The molecule has 0 fully saturated rings. The van der Waals surface area contributed by atoms with E-state index in [0.29, 0.717) is 22.3 Å². The van der Waals surface area contributed by atoms with Crippen LogP contribution in [0.2, 0.25) is 0 Å². The SMILES string of the molecule is COC(=O)c1cc(NC(=O)c2cc(C)nc3c2cnn3C(C)C)cc(C(=O)OC)c1. The van der Waals surface area contributed by atoms with Gasteiger partial charge in [-0.15, -0.1) is 0 Å². The molecule has 3 rings (SSSR count). The Balaban J connectivity index is 2.04. The average molecular weight is 410 g/mol. The van der Waals surface area contributed by atoms with Gasteiger partial charge >= 0.3 is 11.9 Å². The van der Waals surface area contributed by atoms with Gasteiger partial charge in [-0.25, -0.2) is 19.3 Å². The molecule has 0 aliphatic rings. The van der Waals surface area contributed by atoms with Gasteiger partial charge in [-0.3, -0.25) is 4.79 Å². The number of hydrogen-bond acceptors (Lipinski definition) is 7. The molecule has 3 aromatic rings. The predicted octanol–water partition coefficient (Wildman–Crippen LogP) is 3.15. The van der Waals surface area contributed by atoms with Crippen LogP contribution in [0, 0.1) is 6.92 Å². The molecule has 0 aliphatic heterocycles. The van der Waals surface area contributed by atoms with E-state index in [1.807, 2.05) is 13.8 Å². The molecule has 0 saturated heterocycles. The topological polar surface area (TPSA) is 112 Å². The lowest BCUT2D eigenvalue weighted by Crippen LogP contribution is -2.15. The van der Waals surface area contributed by atoms with Gasteiger partial charge in [-0.1, -0.05) is 0 Å². The molecule has 2 aromatic heterocycles. The molecular formula is C21H22N4O5. The van der Waals surface area contributed by atoms with Crippen molar-refractivity contribution in [1.82, 2.24) is 14.8 Å². The van der Waals surface area contributed by atoms with Crippen LogP contribution in [0.5, 0.6) is 0 Å². The van der Waals surface area contributed by atoms with Gasteiger partial charge in [0.2, 0.25) is 0 Å². The molecule has 0 bridgehead atoms. The summed E-state index contributed by atoms with van der Waals surface area (Å²) in [6.45, 7) is 5.74. The van der Waals surface area contributed by atoms with Crippen LogP contribution in [0.4, 0.5) is 5.69 Å². The second-order valence-electron chi connectivity index (χ2n) is 6.97. The summed E-state index contributed by atoms with van der Waals surface area (Å²) in [7, 11) is 2.46. The van der Waals surface area contributed by atoms with Crippen molar-refractivity contribution in [2.75, 3.05) is 19.5 Å². The highest BCUT2D eigenvalue weighted by atomic mass is 16.5. The summed E-state index contributed by atoms with van der Waals surface area (Å²) in [6, 6.07) is 5.94. The molecule has 156 valence electrons. The number of fused-ring (bicyclic) bond motifs is 1. The second kappa shape index (κ2) is 8.32. The summed E-state index contributed by atoms with van der Waals surface area (Å²) in [5, 5.41) is 7.67. The van der Waals surface area contributed by atoms with Crippen LogP contribution in [0.25, 0.3) is 11.0 Å². The number of hydrogen-bond donors (Lipinski definition) is 1. The predicted molar refractivity (Wildman–Crippen MR) is 110 cm³/mol. The van der Waals surface area contributed by atoms with Crippen LogP contribution in [-0.2, 0) is 9.47 Å². The number of amides is 1. The van der Waals surface area contributed by atoms with Gasteiger partial charge in [0.05, 0.1) is 42.5 Å². The third kappa shape index (κ3) is 4.00. The van der Waals surface area contributed by atoms with E-state index < -0.39 is 17.8 Å². The maximum absolute atomic E-state index is 13.1. The Morgan fingerprint density at radius 3 is 2.13 bits per heavy atom. The number of anilines is 1. The first-order valence-electron chi connectivity index (χ1n) is 9.23. The molecule has 30 heavy (non-hydrogen) atoms. The zero-order valence-electron chi connectivity index (χ0n) is 17.3. The molecule has 0 spiro atoms. The Kier molecular flexibility index (Phi) is 5.81. The number of carbonyl (C=O) groups is 3. The first-order chi connectivity index (χ1) is 14.2. The Hall–Kier alpha value is -3.75. The fourth-order valence-corrected chi connectivity index (χ4v) is 3.08. The van der Waals surface area contributed by atoms with Crippen LogP contribution in [0.15, 0.2) is 30.5 Å². The molecule has 2 heterocycles. The summed E-state index contributed by atoms with van der Waals surface area (Å²) in [4.78, 5) is 41.5. The molecule has 0 saturated carbocycles. The van der Waals surface area contributed by atoms with Gasteiger partial charge in [0, 0.05) is 17.4 Å². The van der Waals surface area contributed by atoms with Crippen molar-refractivity contribution in [2.24, 2.45) is 0 Å². The maximum Gasteiger partial charge on any atom is 0.337 e. The quantitative estimate of drug-likeness (QED) is 0.643. The molecule has 1 N–H and O–H groups in total. The third-order valence-corrected chi connectivity index (χ3v) is 4.46. The van der Waals surface area contributed by atoms with Crippen LogP contribution >= 0.6 is 0 Å². The van der Waals surface area contributed by atoms with E-state index in [1.165, 1.54) is 32.4 Å². The van der Waals surface area contributed by atoms with Crippen LogP contribution in [0.1, 0.15) is 56.7 Å². The molecule has 9 nitrogen and oxygen atoms in total. The van der Waals surface area contributed by atoms with Crippen LogP contribution < -0.4 is 5.32 Å². The average Bonchev–Trinajstić information content (AvgIpc) is 3.15. The first-order valence-corrected chi connectivity index (χ1v) is 9.23.